The number of aromatic nitrogens is 2. The Hall–Kier alpha value is -1.30. The highest BCUT2D eigenvalue weighted by molar-refractivity contribution is 7.19. The summed E-state index contributed by atoms with van der Waals surface area (Å²) < 4.78 is 27.4. The van der Waals surface area contributed by atoms with E-state index in [0.29, 0.717) is 20.8 Å². The maximum absolute atomic E-state index is 13.5. The zero-order valence-electron chi connectivity index (χ0n) is 10.0. The van der Waals surface area contributed by atoms with Gasteiger partial charge in [-0.2, -0.15) is 0 Å². The quantitative estimate of drug-likeness (QED) is 0.608. The minimum Gasteiger partial charge on any atom is -0.204 e. The Kier molecular flexibility index (Phi) is 3.36. The third-order valence-electron chi connectivity index (χ3n) is 2.87. The highest BCUT2D eigenvalue weighted by atomic mass is 35.5. The second-order valence-corrected chi connectivity index (χ2v) is 6.23. The first-order chi connectivity index (χ1) is 9.47. The van der Waals surface area contributed by atoms with Crippen LogP contribution in [0.15, 0.2) is 18.2 Å². The number of benzene rings is 1. The molecule has 1 aromatic carbocycles. The molecule has 0 bridgehead atoms. The summed E-state index contributed by atoms with van der Waals surface area (Å²) in [4.78, 5) is 0.729. The lowest BCUT2D eigenvalue weighted by molar-refractivity contribution is 0.511. The maximum atomic E-state index is 13.5. The van der Waals surface area contributed by atoms with Gasteiger partial charge in [-0.1, -0.05) is 23.2 Å². The van der Waals surface area contributed by atoms with Crippen LogP contribution in [0, 0.1) is 18.6 Å². The highest BCUT2D eigenvalue weighted by Gasteiger charge is 2.16. The molecular weight excluding hydrogens is 325 g/mol. The Bertz CT molecular complexity index is 813. The lowest BCUT2D eigenvalue weighted by atomic mass is 10.1. The van der Waals surface area contributed by atoms with Gasteiger partial charge in [-0.25, -0.2) is 8.78 Å². The number of thiophene rings is 1. The van der Waals surface area contributed by atoms with Gasteiger partial charge in [0.05, 0.1) is 9.21 Å². The smallest absolute Gasteiger partial charge is 0.159 e. The fraction of sp³-hybridized carbons (Fsp3) is 0.0769. The topological polar surface area (TPSA) is 25.8 Å². The van der Waals surface area contributed by atoms with Crippen LogP contribution >= 0.6 is 34.5 Å². The summed E-state index contributed by atoms with van der Waals surface area (Å²) in [6.45, 7) is 1.86. The normalized spacial score (nSPS) is 11.2. The molecule has 0 unspecified atom stereocenters. The van der Waals surface area contributed by atoms with E-state index in [4.69, 9.17) is 23.2 Å². The van der Waals surface area contributed by atoms with Gasteiger partial charge in [0.25, 0.3) is 0 Å². The summed E-state index contributed by atoms with van der Waals surface area (Å²) in [5.74, 6) is -1.93. The SMILES string of the molecule is Cc1cc(-c2nnc(Cl)c3cc(F)c(F)cc23)sc1Cl. The number of rotatable bonds is 1. The van der Waals surface area contributed by atoms with Gasteiger partial charge in [0.2, 0.25) is 0 Å². The van der Waals surface area contributed by atoms with Crippen LogP contribution in [0.5, 0.6) is 0 Å². The second kappa shape index (κ2) is 4.91. The monoisotopic (exact) mass is 330 g/mol. The predicted octanol–water partition coefficient (Wildman–Crippen LogP) is 5.25. The minimum atomic E-state index is -0.973. The Morgan fingerprint density at radius 2 is 1.65 bits per heavy atom. The molecule has 0 saturated carbocycles. The molecule has 20 heavy (non-hydrogen) atoms. The van der Waals surface area contributed by atoms with Crippen LogP contribution in [0.3, 0.4) is 0 Å². The summed E-state index contributed by atoms with van der Waals surface area (Å²) in [5.41, 5.74) is 1.32. The number of fused-ring (bicyclic) bond motifs is 1. The fourth-order valence-corrected chi connectivity index (χ4v) is 3.27. The molecule has 0 N–H and O–H groups in total. The van der Waals surface area contributed by atoms with E-state index in [-0.39, 0.29) is 5.15 Å². The number of halogens is 4. The van der Waals surface area contributed by atoms with E-state index in [1.54, 1.807) is 0 Å². The predicted molar refractivity (Wildman–Crippen MR) is 77.5 cm³/mol. The van der Waals surface area contributed by atoms with Crippen molar-refractivity contribution in [1.82, 2.24) is 10.2 Å². The first-order valence-electron chi connectivity index (χ1n) is 5.54. The molecule has 0 aliphatic heterocycles. The van der Waals surface area contributed by atoms with Crippen LogP contribution in [0.1, 0.15) is 5.56 Å². The molecule has 2 nitrogen and oxygen atoms in total. The third-order valence-corrected chi connectivity index (χ3v) is 4.71. The molecule has 0 atom stereocenters. The van der Waals surface area contributed by atoms with E-state index in [0.717, 1.165) is 22.6 Å². The highest BCUT2D eigenvalue weighted by Crippen LogP contribution is 2.38. The van der Waals surface area contributed by atoms with Crippen LogP contribution in [0.4, 0.5) is 8.78 Å². The number of aryl methyl sites for hydroxylation is 1. The molecule has 0 saturated heterocycles. The second-order valence-electron chi connectivity index (χ2n) is 4.22. The lowest BCUT2D eigenvalue weighted by Crippen LogP contribution is -1.93. The zero-order chi connectivity index (χ0) is 14.4. The van der Waals surface area contributed by atoms with Crippen molar-refractivity contribution in [3.05, 3.63) is 44.9 Å². The van der Waals surface area contributed by atoms with Crippen molar-refractivity contribution in [1.29, 1.82) is 0 Å². The Balaban J connectivity index is 2.36. The van der Waals surface area contributed by atoms with Gasteiger partial charge < -0.3 is 0 Å². The molecule has 7 heteroatoms. The van der Waals surface area contributed by atoms with E-state index < -0.39 is 11.6 Å². The van der Waals surface area contributed by atoms with Crippen molar-refractivity contribution in [2.45, 2.75) is 6.92 Å². The van der Waals surface area contributed by atoms with E-state index in [2.05, 4.69) is 10.2 Å². The summed E-state index contributed by atoms with van der Waals surface area (Å²) in [5, 5.41) is 8.52. The van der Waals surface area contributed by atoms with E-state index in [9.17, 15) is 8.78 Å². The molecule has 102 valence electrons. The van der Waals surface area contributed by atoms with Crippen LogP contribution < -0.4 is 0 Å². The van der Waals surface area contributed by atoms with Gasteiger partial charge in [-0.3, -0.25) is 0 Å². The van der Waals surface area contributed by atoms with Crippen molar-refractivity contribution < 1.29 is 8.78 Å². The summed E-state index contributed by atoms with van der Waals surface area (Å²) in [6.07, 6.45) is 0. The van der Waals surface area contributed by atoms with E-state index in [1.807, 2.05) is 13.0 Å². The molecule has 3 rings (SSSR count). The van der Waals surface area contributed by atoms with Crippen molar-refractivity contribution in [2.75, 3.05) is 0 Å². The number of nitrogens with zero attached hydrogens (tertiary/aromatic N) is 2. The molecule has 0 spiro atoms. The van der Waals surface area contributed by atoms with E-state index in [1.165, 1.54) is 11.3 Å². The Labute approximate surface area is 127 Å². The zero-order valence-corrected chi connectivity index (χ0v) is 12.4. The number of hydrogen-bond donors (Lipinski definition) is 0. The largest absolute Gasteiger partial charge is 0.204 e. The average Bonchev–Trinajstić information content (AvgIpc) is 2.72. The first kappa shape index (κ1) is 13.7. The summed E-state index contributed by atoms with van der Waals surface area (Å²) in [7, 11) is 0. The van der Waals surface area contributed by atoms with Crippen molar-refractivity contribution >= 4 is 45.3 Å². The van der Waals surface area contributed by atoms with Gasteiger partial charge in [-0.05, 0) is 30.7 Å². The first-order valence-corrected chi connectivity index (χ1v) is 7.12. The van der Waals surface area contributed by atoms with Gasteiger partial charge in [0.1, 0.15) is 5.69 Å². The molecular formula is C13H6Cl2F2N2S. The van der Waals surface area contributed by atoms with Crippen molar-refractivity contribution in [3.63, 3.8) is 0 Å². The van der Waals surface area contributed by atoms with Crippen LogP contribution in [0.2, 0.25) is 9.49 Å². The molecule has 0 aliphatic carbocycles. The standard InChI is InChI=1S/C13H6Cl2F2N2S/c1-5-2-10(20-13(5)15)11-6-3-8(16)9(17)4-7(6)12(14)19-18-11/h2-4H,1H3. The molecule has 0 amide bonds. The lowest BCUT2D eigenvalue weighted by Gasteiger charge is -2.05. The van der Waals surface area contributed by atoms with Crippen molar-refractivity contribution in [2.24, 2.45) is 0 Å². The van der Waals surface area contributed by atoms with Crippen LogP contribution in [-0.2, 0) is 0 Å². The van der Waals surface area contributed by atoms with Gasteiger partial charge >= 0.3 is 0 Å². The Morgan fingerprint density at radius 3 is 2.25 bits per heavy atom. The molecule has 0 fully saturated rings. The summed E-state index contributed by atoms with van der Waals surface area (Å²) in [6, 6.07) is 3.92. The summed E-state index contributed by atoms with van der Waals surface area (Å²) >= 11 is 13.2. The average molecular weight is 331 g/mol. The maximum Gasteiger partial charge on any atom is 0.159 e. The third kappa shape index (κ3) is 2.16. The van der Waals surface area contributed by atoms with Gasteiger partial charge in [0, 0.05) is 10.8 Å². The number of hydrogen-bond acceptors (Lipinski definition) is 3. The Morgan fingerprint density at radius 1 is 1.00 bits per heavy atom. The van der Waals surface area contributed by atoms with E-state index >= 15 is 0 Å². The van der Waals surface area contributed by atoms with Crippen molar-refractivity contribution in [3.8, 4) is 10.6 Å². The molecule has 0 aliphatic rings. The fourth-order valence-electron chi connectivity index (χ4n) is 1.87. The molecule has 0 radical (unpaired) electrons. The van der Waals surface area contributed by atoms with Gasteiger partial charge in [0.15, 0.2) is 16.8 Å². The van der Waals surface area contributed by atoms with Crippen LogP contribution in [-0.4, -0.2) is 10.2 Å². The molecule has 2 heterocycles. The van der Waals surface area contributed by atoms with Crippen LogP contribution in [0.25, 0.3) is 21.3 Å². The van der Waals surface area contributed by atoms with Gasteiger partial charge in [-0.15, -0.1) is 21.5 Å². The minimum absolute atomic E-state index is 0.0297. The molecule has 3 aromatic rings. The molecule has 2 aromatic heterocycles.